The van der Waals surface area contributed by atoms with E-state index >= 15 is 0 Å². The number of para-hydroxylation sites is 1. The minimum atomic E-state index is -0.472. The fourth-order valence-corrected chi connectivity index (χ4v) is 5.26. The normalized spacial score (nSPS) is 12.1. The van der Waals surface area contributed by atoms with E-state index in [0.29, 0.717) is 48.5 Å². The quantitative estimate of drug-likeness (QED) is 0.342. The van der Waals surface area contributed by atoms with Crippen molar-refractivity contribution in [3.05, 3.63) is 92.3 Å². The van der Waals surface area contributed by atoms with Crippen molar-refractivity contribution in [2.75, 3.05) is 12.4 Å². The van der Waals surface area contributed by atoms with Crippen LogP contribution in [-0.4, -0.2) is 39.6 Å². The molecule has 12 heteroatoms. The van der Waals surface area contributed by atoms with Crippen LogP contribution in [0.4, 0.5) is 10.5 Å². The number of aromatic nitrogens is 3. The maximum absolute atomic E-state index is 12.5. The molecule has 0 spiro atoms. The number of carbonyl (C=O) groups excluding carboxylic acids is 2. The average molecular weight is 541 g/mol. The van der Waals surface area contributed by atoms with E-state index in [2.05, 4.69) is 20.8 Å². The van der Waals surface area contributed by atoms with Crippen molar-refractivity contribution < 1.29 is 14.3 Å². The Labute approximate surface area is 219 Å². The Hall–Kier alpha value is -3.73. The molecule has 0 saturated heterocycles. The smallest absolute Gasteiger partial charge is 0.348 e. The number of rotatable bonds is 5. The van der Waals surface area contributed by atoms with Crippen molar-refractivity contribution in [3.8, 4) is 5.00 Å². The van der Waals surface area contributed by atoms with Crippen LogP contribution in [0.5, 0.6) is 0 Å². The van der Waals surface area contributed by atoms with Crippen molar-refractivity contribution >= 4 is 57.9 Å². The molecule has 0 unspecified atom stereocenters. The minimum absolute atomic E-state index is 0.0651. The Morgan fingerprint density at radius 1 is 1.06 bits per heavy atom. The zero-order chi connectivity index (χ0) is 25.2. The predicted molar refractivity (Wildman–Crippen MR) is 139 cm³/mol. The van der Waals surface area contributed by atoms with E-state index in [1.54, 1.807) is 41.0 Å². The molecule has 0 fully saturated rings. The largest absolute Gasteiger partial charge is 0.465 e. The molecule has 0 saturated carbocycles. The lowest BCUT2D eigenvalue weighted by Crippen LogP contribution is -2.29. The molecular weight excluding hydrogens is 523 g/mol. The predicted octanol–water partition coefficient (Wildman–Crippen LogP) is 5.09. The summed E-state index contributed by atoms with van der Waals surface area (Å²) < 4.78 is 6.74. The lowest BCUT2D eigenvalue weighted by Gasteiger charge is -2.11. The van der Waals surface area contributed by atoms with Gasteiger partial charge in [-0.15, -0.1) is 21.5 Å². The van der Waals surface area contributed by atoms with E-state index < -0.39 is 12.0 Å². The number of urea groups is 1. The van der Waals surface area contributed by atoms with Crippen molar-refractivity contribution in [1.82, 2.24) is 20.1 Å². The summed E-state index contributed by atoms with van der Waals surface area (Å²) in [6, 6.07) is 15.6. The van der Waals surface area contributed by atoms with Crippen LogP contribution in [0.15, 0.2) is 59.6 Å². The molecule has 3 heterocycles. The van der Waals surface area contributed by atoms with Crippen LogP contribution in [-0.2, 0) is 17.8 Å². The summed E-state index contributed by atoms with van der Waals surface area (Å²) in [5.41, 5.74) is 2.53. The van der Waals surface area contributed by atoms with Gasteiger partial charge in [0.2, 0.25) is 0 Å². The summed E-state index contributed by atoms with van der Waals surface area (Å²) >= 11 is 13.8. The molecule has 5 rings (SSSR count). The zero-order valence-corrected chi connectivity index (χ0v) is 21.1. The van der Waals surface area contributed by atoms with Crippen LogP contribution in [0, 0.1) is 0 Å². The van der Waals surface area contributed by atoms with Gasteiger partial charge in [0.05, 0.1) is 30.1 Å². The second-order valence-corrected chi connectivity index (χ2v) is 9.47. The molecule has 0 atom stereocenters. The first kappa shape index (κ1) is 24.0. The summed E-state index contributed by atoms with van der Waals surface area (Å²) in [5, 5.41) is 15.7. The number of anilines is 1. The highest BCUT2D eigenvalue weighted by Crippen LogP contribution is 2.35. The van der Waals surface area contributed by atoms with Crippen LogP contribution < -0.4 is 10.6 Å². The Morgan fingerprint density at radius 3 is 2.56 bits per heavy atom. The molecule has 0 aliphatic carbocycles. The number of benzene rings is 2. The molecule has 1 aliphatic rings. The van der Waals surface area contributed by atoms with Gasteiger partial charge in [0.15, 0.2) is 11.6 Å². The fraction of sp³-hybridized carbons (Fsp3) is 0.125. The third kappa shape index (κ3) is 4.58. The number of thiophene rings is 1. The number of hydrogen-bond acceptors (Lipinski definition) is 7. The SMILES string of the molecule is COC(=O)c1cc2c(s1)-n1c(nnc1CNC(=O)Nc1ccccc1Cl)CN=C2c1ccccc1Cl. The number of halogens is 2. The molecule has 1 aliphatic heterocycles. The van der Waals surface area contributed by atoms with Crippen LogP contribution in [0.25, 0.3) is 5.00 Å². The molecule has 36 heavy (non-hydrogen) atoms. The first-order valence-corrected chi connectivity index (χ1v) is 12.3. The van der Waals surface area contributed by atoms with E-state index in [-0.39, 0.29) is 13.1 Å². The first-order chi connectivity index (χ1) is 17.5. The number of nitrogens with one attached hydrogen (secondary N) is 2. The highest BCUT2D eigenvalue weighted by Gasteiger charge is 2.28. The van der Waals surface area contributed by atoms with Crippen LogP contribution in [0.2, 0.25) is 10.0 Å². The average Bonchev–Trinajstić information content (AvgIpc) is 3.46. The third-order valence-corrected chi connectivity index (χ3v) is 7.15. The number of carbonyl (C=O) groups is 2. The van der Waals surface area contributed by atoms with Crippen LogP contribution >= 0.6 is 34.5 Å². The molecule has 9 nitrogen and oxygen atoms in total. The standard InChI is InChI=1S/C24H18Cl2N6O3S/c1-35-23(33)18-10-14-21(13-6-2-3-7-15(13)25)27-11-19-30-31-20(32(19)22(14)36-18)12-28-24(34)29-17-9-5-4-8-16(17)26/h2-10H,11-12H2,1H3,(H2,28,29,34). The molecular formula is C24H18Cl2N6O3S. The summed E-state index contributed by atoms with van der Waals surface area (Å²) in [4.78, 5) is 30.0. The topological polar surface area (TPSA) is 111 Å². The number of aliphatic imine (C=N–C) groups is 1. The van der Waals surface area contributed by atoms with Crippen molar-refractivity contribution in [1.29, 1.82) is 0 Å². The number of ether oxygens (including phenoxy) is 1. The Bertz CT molecular complexity index is 1510. The van der Waals surface area contributed by atoms with E-state index in [0.717, 1.165) is 5.56 Å². The first-order valence-electron chi connectivity index (χ1n) is 10.7. The summed E-state index contributed by atoms with van der Waals surface area (Å²) in [6.45, 7) is 0.296. The molecule has 2 amide bonds. The van der Waals surface area contributed by atoms with Crippen molar-refractivity contribution in [2.45, 2.75) is 13.1 Å². The molecule has 182 valence electrons. The molecule has 0 bridgehead atoms. The van der Waals surface area contributed by atoms with Gasteiger partial charge < -0.3 is 15.4 Å². The Balaban J connectivity index is 1.49. The number of fused-ring (bicyclic) bond motifs is 3. The van der Waals surface area contributed by atoms with E-state index in [1.165, 1.54) is 18.4 Å². The molecule has 2 aromatic carbocycles. The number of amides is 2. The summed E-state index contributed by atoms with van der Waals surface area (Å²) in [7, 11) is 1.33. The maximum atomic E-state index is 12.5. The highest BCUT2D eigenvalue weighted by molar-refractivity contribution is 7.16. The van der Waals surface area contributed by atoms with E-state index in [4.69, 9.17) is 32.9 Å². The van der Waals surface area contributed by atoms with Gasteiger partial charge >= 0.3 is 12.0 Å². The van der Waals surface area contributed by atoms with Gasteiger partial charge in [0.1, 0.15) is 16.4 Å². The van der Waals surface area contributed by atoms with Crippen LogP contribution in [0.3, 0.4) is 0 Å². The number of methoxy groups -OCH3 is 1. The van der Waals surface area contributed by atoms with Crippen molar-refractivity contribution in [3.63, 3.8) is 0 Å². The van der Waals surface area contributed by atoms with Crippen LogP contribution in [0.1, 0.15) is 32.4 Å². The number of esters is 1. The fourth-order valence-electron chi connectivity index (χ4n) is 3.73. The van der Waals surface area contributed by atoms with Gasteiger partial charge in [-0.25, -0.2) is 9.59 Å². The monoisotopic (exact) mass is 540 g/mol. The second-order valence-electron chi connectivity index (χ2n) is 7.62. The van der Waals surface area contributed by atoms with Gasteiger partial charge in [0.25, 0.3) is 0 Å². The van der Waals surface area contributed by atoms with Gasteiger partial charge in [-0.3, -0.25) is 9.56 Å². The van der Waals surface area contributed by atoms with Crippen molar-refractivity contribution in [2.24, 2.45) is 4.99 Å². The lowest BCUT2D eigenvalue weighted by atomic mass is 10.0. The molecule has 4 aromatic rings. The number of nitrogens with zero attached hydrogens (tertiary/aromatic N) is 4. The molecule has 2 N–H and O–H groups in total. The van der Waals surface area contributed by atoms with Gasteiger partial charge in [-0.1, -0.05) is 53.5 Å². The van der Waals surface area contributed by atoms with E-state index in [1.807, 2.05) is 18.2 Å². The van der Waals surface area contributed by atoms with Gasteiger partial charge in [-0.2, -0.15) is 0 Å². The number of hydrogen-bond donors (Lipinski definition) is 2. The Kier molecular flexibility index (Phi) is 6.73. The third-order valence-electron chi connectivity index (χ3n) is 5.39. The Morgan fingerprint density at radius 2 is 1.81 bits per heavy atom. The summed E-state index contributed by atoms with van der Waals surface area (Å²) in [5.74, 6) is 0.550. The zero-order valence-electron chi connectivity index (χ0n) is 18.8. The van der Waals surface area contributed by atoms with Gasteiger partial charge in [0, 0.05) is 16.1 Å². The van der Waals surface area contributed by atoms with E-state index in [9.17, 15) is 9.59 Å². The second kappa shape index (κ2) is 10.1. The lowest BCUT2D eigenvalue weighted by molar-refractivity contribution is 0.0606. The van der Waals surface area contributed by atoms with Gasteiger partial charge in [-0.05, 0) is 24.3 Å². The molecule has 0 radical (unpaired) electrons. The maximum Gasteiger partial charge on any atom is 0.348 e. The summed E-state index contributed by atoms with van der Waals surface area (Å²) in [6.07, 6.45) is 0. The highest BCUT2D eigenvalue weighted by atomic mass is 35.5. The molecule has 2 aromatic heterocycles. The minimum Gasteiger partial charge on any atom is -0.465 e.